The molecule has 2 aliphatic rings. The van der Waals surface area contributed by atoms with E-state index in [9.17, 15) is 8.42 Å². The second-order valence-corrected chi connectivity index (χ2v) is 8.01. The van der Waals surface area contributed by atoms with Gasteiger partial charge in [0.05, 0.1) is 12.8 Å². The van der Waals surface area contributed by atoms with Crippen molar-refractivity contribution in [3.8, 4) is 0 Å². The van der Waals surface area contributed by atoms with Crippen molar-refractivity contribution in [2.45, 2.75) is 32.2 Å². The Balaban J connectivity index is 1.40. The van der Waals surface area contributed by atoms with Gasteiger partial charge in [-0.05, 0) is 56.8 Å². The lowest BCUT2D eigenvalue weighted by Gasteiger charge is -2.31. The third kappa shape index (κ3) is 4.10. The SMILES string of the molecule is O=S(=O)(NCC1CCN(Cc2ccco2)CC1)N1CCCC1. The molecule has 1 aromatic heterocycles. The molecule has 3 heterocycles. The quantitative estimate of drug-likeness (QED) is 0.858. The van der Waals surface area contributed by atoms with E-state index in [1.54, 1.807) is 10.6 Å². The van der Waals surface area contributed by atoms with Crippen molar-refractivity contribution in [3.05, 3.63) is 24.2 Å². The average Bonchev–Trinajstić information content (AvgIpc) is 3.20. The molecule has 2 aliphatic heterocycles. The first-order valence-corrected chi connectivity index (χ1v) is 9.57. The number of nitrogens with one attached hydrogen (secondary N) is 1. The topological polar surface area (TPSA) is 65.8 Å². The number of piperidine rings is 1. The third-order valence-corrected chi connectivity index (χ3v) is 6.20. The minimum absolute atomic E-state index is 0.435. The second-order valence-electron chi connectivity index (χ2n) is 6.26. The Bertz CT molecular complexity index is 545. The number of hydrogen-bond acceptors (Lipinski definition) is 4. The van der Waals surface area contributed by atoms with E-state index in [0.29, 0.717) is 25.6 Å². The van der Waals surface area contributed by atoms with Gasteiger partial charge in [0.25, 0.3) is 10.2 Å². The predicted molar refractivity (Wildman–Crippen MR) is 84.4 cm³/mol. The van der Waals surface area contributed by atoms with Crippen molar-refractivity contribution >= 4 is 10.2 Å². The maximum absolute atomic E-state index is 12.1. The van der Waals surface area contributed by atoms with Gasteiger partial charge in [-0.1, -0.05) is 0 Å². The van der Waals surface area contributed by atoms with Gasteiger partial charge >= 0.3 is 0 Å². The van der Waals surface area contributed by atoms with Crippen LogP contribution in [0.1, 0.15) is 31.4 Å². The van der Waals surface area contributed by atoms with E-state index in [4.69, 9.17) is 4.42 Å². The molecule has 22 heavy (non-hydrogen) atoms. The smallest absolute Gasteiger partial charge is 0.279 e. The first-order chi connectivity index (χ1) is 10.6. The molecule has 6 nitrogen and oxygen atoms in total. The zero-order valence-electron chi connectivity index (χ0n) is 12.9. The van der Waals surface area contributed by atoms with Crippen LogP contribution >= 0.6 is 0 Å². The zero-order valence-corrected chi connectivity index (χ0v) is 13.7. The zero-order chi connectivity index (χ0) is 15.4. The van der Waals surface area contributed by atoms with Crippen molar-refractivity contribution < 1.29 is 12.8 Å². The van der Waals surface area contributed by atoms with Crippen LogP contribution in [0.5, 0.6) is 0 Å². The van der Waals surface area contributed by atoms with E-state index in [1.165, 1.54) is 0 Å². The van der Waals surface area contributed by atoms with Gasteiger partial charge in [-0.3, -0.25) is 4.90 Å². The monoisotopic (exact) mass is 327 g/mol. The van der Waals surface area contributed by atoms with Crippen LogP contribution in [0.4, 0.5) is 0 Å². The van der Waals surface area contributed by atoms with Crippen LogP contribution in [0.2, 0.25) is 0 Å². The van der Waals surface area contributed by atoms with E-state index < -0.39 is 10.2 Å². The molecule has 1 N–H and O–H groups in total. The van der Waals surface area contributed by atoms with Gasteiger partial charge in [-0.15, -0.1) is 0 Å². The minimum Gasteiger partial charge on any atom is -0.468 e. The summed E-state index contributed by atoms with van der Waals surface area (Å²) in [4.78, 5) is 2.37. The molecule has 124 valence electrons. The molecule has 2 saturated heterocycles. The minimum atomic E-state index is -3.26. The van der Waals surface area contributed by atoms with Crippen LogP contribution in [-0.4, -0.2) is 50.3 Å². The highest BCUT2D eigenvalue weighted by atomic mass is 32.2. The van der Waals surface area contributed by atoms with Crippen molar-refractivity contribution in [2.24, 2.45) is 5.92 Å². The highest BCUT2D eigenvalue weighted by molar-refractivity contribution is 7.87. The standard InChI is InChI=1S/C15H25N3O3S/c19-22(20,18-7-1-2-8-18)16-12-14-5-9-17(10-6-14)13-15-4-3-11-21-15/h3-4,11,14,16H,1-2,5-10,12-13H2. The number of rotatable bonds is 6. The van der Waals surface area contributed by atoms with Gasteiger partial charge < -0.3 is 4.42 Å². The van der Waals surface area contributed by atoms with Gasteiger partial charge in [0, 0.05) is 19.6 Å². The Kier molecular flexibility index (Phi) is 5.18. The summed E-state index contributed by atoms with van der Waals surface area (Å²) in [5, 5.41) is 0. The molecule has 1 aromatic rings. The summed E-state index contributed by atoms with van der Waals surface area (Å²) in [5.74, 6) is 1.43. The molecule has 0 radical (unpaired) electrons. The van der Waals surface area contributed by atoms with Crippen LogP contribution in [0.15, 0.2) is 22.8 Å². The normalized spacial score (nSPS) is 22.4. The lowest BCUT2D eigenvalue weighted by Crippen LogP contribution is -2.43. The summed E-state index contributed by atoms with van der Waals surface area (Å²) in [6, 6.07) is 3.91. The van der Waals surface area contributed by atoms with Gasteiger partial charge in [0.2, 0.25) is 0 Å². The highest BCUT2D eigenvalue weighted by Crippen LogP contribution is 2.19. The molecule has 0 aliphatic carbocycles. The number of nitrogens with zero attached hydrogens (tertiary/aromatic N) is 2. The molecule has 2 fully saturated rings. The molecule has 0 unspecified atom stereocenters. The Morgan fingerprint density at radius 1 is 1.18 bits per heavy atom. The van der Waals surface area contributed by atoms with Gasteiger partial charge in [0.1, 0.15) is 5.76 Å². The molecule has 3 rings (SSSR count). The summed E-state index contributed by atoms with van der Waals surface area (Å²) >= 11 is 0. The summed E-state index contributed by atoms with van der Waals surface area (Å²) in [5.41, 5.74) is 0. The molecule has 0 bridgehead atoms. The van der Waals surface area contributed by atoms with E-state index in [1.807, 2.05) is 12.1 Å². The molecular formula is C15H25N3O3S. The van der Waals surface area contributed by atoms with Gasteiger partial charge in [0.15, 0.2) is 0 Å². The number of furan rings is 1. The fourth-order valence-electron chi connectivity index (χ4n) is 3.21. The summed E-state index contributed by atoms with van der Waals surface area (Å²) < 4.78 is 34.0. The van der Waals surface area contributed by atoms with Crippen LogP contribution in [-0.2, 0) is 16.8 Å². The fraction of sp³-hybridized carbons (Fsp3) is 0.733. The average molecular weight is 327 g/mol. The first-order valence-electron chi connectivity index (χ1n) is 8.13. The number of likely N-dealkylation sites (tertiary alicyclic amines) is 1. The highest BCUT2D eigenvalue weighted by Gasteiger charge is 2.27. The van der Waals surface area contributed by atoms with Crippen molar-refractivity contribution in [1.82, 2.24) is 13.9 Å². The summed E-state index contributed by atoms with van der Waals surface area (Å²) in [6.45, 7) is 4.73. The van der Waals surface area contributed by atoms with Crippen LogP contribution in [0.25, 0.3) is 0 Å². The maximum Gasteiger partial charge on any atom is 0.279 e. The van der Waals surface area contributed by atoms with Crippen LogP contribution in [0.3, 0.4) is 0 Å². The molecule has 0 amide bonds. The van der Waals surface area contributed by atoms with Crippen molar-refractivity contribution in [3.63, 3.8) is 0 Å². The van der Waals surface area contributed by atoms with Crippen molar-refractivity contribution in [2.75, 3.05) is 32.7 Å². The third-order valence-electron chi connectivity index (χ3n) is 4.63. The van der Waals surface area contributed by atoms with Crippen LogP contribution in [0, 0.1) is 5.92 Å². The lowest BCUT2D eigenvalue weighted by atomic mass is 9.97. The molecular weight excluding hydrogens is 302 g/mol. The molecule has 7 heteroatoms. The van der Waals surface area contributed by atoms with E-state index in [2.05, 4.69) is 9.62 Å². The number of hydrogen-bond donors (Lipinski definition) is 1. The van der Waals surface area contributed by atoms with Gasteiger partial charge in [-0.25, -0.2) is 4.72 Å². The van der Waals surface area contributed by atoms with Gasteiger partial charge in [-0.2, -0.15) is 12.7 Å². The lowest BCUT2D eigenvalue weighted by molar-refractivity contribution is 0.167. The summed E-state index contributed by atoms with van der Waals surface area (Å²) in [7, 11) is -3.26. The van der Waals surface area contributed by atoms with Crippen LogP contribution < -0.4 is 4.72 Å². The predicted octanol–water partition coefficient (Wildman–Crippen LogP) is 1.42. The largest absolute Gasteiger partial charge is 0.468 e. The molecule has 0 atom stereocenters. The van der Waals surface area contributed by atoms with Crippen molar-refractivity contribution in [1.29, 1.82) is 0 Å². The fourth-order valence-corrected chi connectivity index (χ4v) is 4.58. The molecule has 0 saturated carbocycles. The molecule has 0 spiro atoms. The van der Waals surface area contributed by atoms with E-state index in [0.717, 1.165) is 51.1 Å². The Labute approximate surface area is 132 Å². The maximum atomic E-state index is 12.1. The Morgan fingerprint density at radius 2 is 1.91 bits per heavy atom. The Morgan fingerprint density at radius 3 is 2.55 bits per heavy atom. The summed E-state index contributed by atoms with van der Waals surface area (Å²) in [6.07, 6.45) is 5.72. The first kappa shape index (κ1) is 16.0. The van der Waals surface area contributed by atoms with E-state index in [-0.39, 0.29) is 0 Å². The molecule has 0 aromatic carbocycles. The second kappa shape index (κ2) is 7.12. The Hall–Kier alpha value is -0.890. The van der Waals surface area contributed by atoms with E-state index >= 15 is 0 Å².